The first kappa shape index (κ1) is 39.7. The molecular weight excluding hydrogens is 684 g/mol. The first-order chi connectivity index (χ1) is 24.6. The lowest BCUT2D eigenvalue weighted by atomic mass is 10.2. The van der Waals surface area contributed by atoms with E-state index in [9.17, 15) is 28.8 Å². The third-order valence-electron chi connectivity index (χ3n) is 6.83. The number of ether oxygens (including phenoxy) is 6. The van der Waals surface area contributed by atoms with E-state index in [-0.39, 0.29) is 65.2 Å². The maximum absolute atomic E-state index is 12.7. The van der Waals surface area contributed by atoms with Crippen LogP contribution in [0.4, 0.5) is 0 Å². The van der Waals surface area contributed by atoms with Gasteiger partial charge in [0.25, 0.3) is 0 Å². The number of carbonyl (C=O) groups excluding carboxylic acids is 6. The highest BCUT2D eigenvalue weighted by Gasteiger charge is 2.16. The van der Waals surface area contributed by atoms with E-state index in [1.54, 1.807) is 0 Å². The van der Waals surface area contributed by atoms with E-state index in [0.717, 1.165) is 12.2 Å². The lowest BCUT2D eigenvalue weighted by Crippen LogP contribution is -2.11. The average Bonchev–Trinajstić information content (AvgIpc) is 3.12. The molecule has 0 N–H and O–H groups in total. The molecule has 0 aliphatic rings. The molecule has 3 aromatic rings. The van der Waals surface area contributed by atoms with E-state index in [0.29, 0.717) is 38.5 Å². The molecule has 12 nitrogen and oxygen atoms in total. The summed E-state index contributed by atoms with van der Waals surface area (Å²) < 4.78 is 31.1. The summed E-state index contributed by atoms with van der Waals surface area (Å²) in [5.74, 6) is -2.63. The first-order valence-corrected chi connectivity index (χ1v) is 16.4. The standard InChI is InChI=1S/C38H37ClO12/c1-3-33(40)46-23-9-5-7-11-35(42)48-28-17-13-26(14-18-28)37(44)50-30-21-22-32(31(39)25-30)51-38(45)27-15-19-29(20-16-27)49-36(43)12-8-6-10-24-47-34(41)4-2/h3-4,13-22,25H,1-2,5-12,23-24H2. The molecule has 0 saturated carbocycles. The van der Waals surface area contributed by atoms with Crippen LogP contribution in [0.3, 0.4) is 0 Å². The van der Waals surface area contributed by atoms with Gasteiger partial charge in [0.1, 0.15) is 23.0 Å². The average molecular weight is 721 g/mol. The maximum Gasteiger partial charge on any atom is 0.343 e. The van der Waals surface area contributed by atoms with Gasteiger partial charge in [-0.05, 0) is 99.2 Å². The van der Waals surface area contributed by atoms with Crippen LogP contribution in [0.1, 0.15) is 72.1 Å². The van der Waals surface area contributed by atoms with Crippen molar-refractivity contribution in [1.29, 1.82) is 0 Å². The van der Waals surface area contributed by atoms with Crippen molar-refractivity contribution in [1.82, 2.24) is 0 Å². The molecule has 0 unspecified atom stereocenters. The molecule has 3 aromatic carbocycles. The van der Waals surface area contributed by atoms with Gasteiger partial charge in [0.2, 0.25) is 0 Å². The number of benzene rings is 3. The Balaban J connectivity index is 1.40. The zero-order valence-electron chi connectivity index (χ0n) is 27.8. The highest BCUT2D eigenvalue weighted by atomic mass is 35.5. The van der Waals surface area contributed by atoms with Gasteiger partial charge in [-0.25, -0.2) is 19.2 Å². The third-order valence-corrected chi connectivity index (χ3v) is 7.13. The van der Waals surface area contributed by atoms with Crippen LogP contribution < -0.4 is 18.9 Å². The number of hydrogen-bond acceptors (Lipinski definition) is 12. The Morgan fingerprint density at radius 3 is 1.39 bits per heavy atom. The Kier molecular flexibility index (Phi) is 16.6. The van der Waals surface area contributed by atoms with E-state index in [1.165, 1.54) is 66.7 Å². The number of hydrogen-bond donors (Lipinski definition) is 0. The molecule has 13 heteroatoms. The van der Waals surface area contributed by atoms with Crippen molar-refractivity contribution in [3.63, 3.8) is 0 Å². The molecule has 0 atom stereocenters. The fourth-order valence-corrected chi connectivity index (χ4v) is 4.40. The van der Waals surface area contributed by atoms with Gasteiger partial charge in [-0.15, -0.1) is 0 Å². The van der Waals surface area contributed by atoms with Crippen molar-refractivity contribution in [2.75, 3.05) is 13.2 Å². The minimum absolute atomic E-state index is 0.0121. The molecule has 0 aliphatic carbocycles. The summed E-state index contributed by atoms with van der Waals surface area (Å²) in [6.07, 6.45) is 6.23. The highest BCUT2D eigenvalue weighted by Crippen LogP contribution is 2.30. The second kappa shape index (κ2) is 21.4. The van der Waals surface area contributed by atoms with Crippen LogP contribution in [0.2, 0.25) is 5.02 Å². The molecule has 0 fully saturated rings. The van der Waals surface area contributed by atoms with Crippen LogP contribution in [0.25, 0.3) is 0 Å². The summed E-state index contributed by atoms with van der Waals surface area (Å²) in [6.45, 7) is 7.14. The predicted molar refractivity (Wildman–Crippen MR) is 185 cm³/mol. The van der Waals surface area contributed by atoms with Gasteiger partial charge >= 0.3 is 35.8 Å². The number of rotatable bonds is 20. The fraction of sp³-hybridized carbons (Fsp3) is 0.263. The van der Waals surface area contributed by atoms with E-state index in [1.807, 2.05) is 0 Å². The lowest BCUT2D eigenvalue weighted by Gasteiger charge is -2.10. The van der Waals surface area contributed by atoms with Crippen molar-refractivity contribution in [3.8, 4) is 23.0 Å². The Bertz CT molecular complexity index is 1700. The number of halogens is 1. The van der Waals surface area contributed by atoms with Crippen LogP contribution in [-0.2, 0) is 28.7 Å². The van der Waals surface area contributed by atoms with Crippen molar-refractivity contribution in [2.24, 2.45) is 0 Å². The fourth-order valence-electron chi connectivity index (χ4n) is 4.20. The maximum atomic E-state index is 12.7. The predicted octanol–water partition coefficient (Wildman–Crippen LogP) is 7.17. The third kappa shape index (κ3) is 14.7. The van der Waals surface area contributed by atoms with Crippen LogP contribution >= 0.6 is 11.6 Å². The molecule has 0 aliphatic heterocycles. The lowest BCUT2D eigenvalue weighted by molar-refractivity contribution is -0.138. The van der Waals surface area contributed by atoms with Gasteiger partial charge in [-0.3, -0.25) is 9.59 Å². The van der Waals surface area contributed by atoms with Crippen LogP contribution in [0.5, 0.6) is 23.0 Å². The number of esters is 6. The normalized spacial score (nSPS) is 10.3. The van der Waals surface area contributed by atoms with Crippen molar-refractivity contribution < 1.29 is 57.2 Å². The summed E-state index contributed by atoms with van der Waals surface area (Å²) in [4.78, 5) is 71.6. The van der Waals surface area contributed by atoms with Gasteiger partial charge in [-0.2, -0.15) is 0 Å². The van der Waals surface area contributed by atoms with Crippen molar-refractivity contribution in [2.45, 2.75) is 51.4 Å². The quantitative estimate of drug-likeness (QED) is 0.0502. The summed E-state index contributed by atoms with van der Waals surface area (Å²) in [7, 11) is 0. The molecule has 268 valence electrons. The monoisotopic (exact) mass is 720 g/mol. The van der Waals surface area contributed by atoms with Crippen LogP contribution in [-0.4, -0.2) is 49.0 Å². The topological polar surface area (TPSA) is 158 Å². The summed E-state index contributed by atoms with van der Waals surface area (Å²) >= 11 is 6.29. The smallest absolute Gasteiger partial charge is 0.343 e. The molecule has 0 spiro atoms. The largest absolute Gasteiger partial charge is 0.463 e. The van der Waals surface area contributed by atoms with Crippen LogP contribution in [0, 0.1) is 0 Å². The Morgan fingerprint density at radius 1 is 0.529 bits per heavy atom. The van der Waals surface area contributed by atoms with E-state index in [2.05, 4.69) is 13.2 Å². The van der Waals surface area contributed by atoms with Gasteiger partial charge in [-0.1, -0.05) is 24.8 Å². The zero-order chi connectivity index (χ0) is 37.0. The van der Waals surface area contributed by atoms with Gasteiger partial charge in [0.15, 0.2) is 0 Å². The molecule has 51 heavy (non-hydrogen) atoms. The Hall–Kier alpha value is -5.75. The number of unbranched alkanes of at least 4 members (excludes halogenated alkanes) is 4. The minimum Gasteiger partial charge on any atom is -0.463 e. The molecule has 0 heterocycles. The minimum atomic E-state index is -0.719. The highest BCUT2D eigenvalue weighted by molar-refractivity contribution is 6.32. The van der Waals surface area contributed by atoms with E-state index in [4.69, 9.17) is 40.0 Å². The SMILES string of the molecule is C=CC(=O)OCCCCCC(=O)Oc1ccc(C(=O)Oc2ccc(OC(=O)c3ccc(OC(=O)CCCCCOC(=O)C=C)cc3)c(Cl)c2)cc1. The molecule has 0 bridgehead atoms. The van der Waals surface area contributed by atoms with Gasteiger partial charge in [0, 0.05) is 31.1 Å². The molecule has 3 rings (SSSR count). The molecule has 0 amide bonds. The summed E-state index contributed by atoms with van der Waals surface area (Å²) in [5.41, 5.74) is 0.363. The van der Waals surface area contributed by atoms with Gasteiger partial charge in [0.05, 0.1) is 29.4 Å². The second-order valence-electron chi connectivity index (χ2n) is 10.7. The van der Waals surface area contributed by atoms with Crippen LogP contribution in [0.15, 0.2) is 92.0 Å². The molecule has 0 radical (unpaired) electrons. The second-order valence-corrected chi connectivity index (χ2v) is 11.1. The molecule has 0 saturated heterocycles. The number of carbonyl (C=O) groups is 6. The summed E-state index contributed by atoms with van der Waals surface area (Å²) in [5, 5.41) is 0.0121. The summed E-state index contributed by atoms with van der Waals surface area (Å²) in [6, 6.07) is 15.7. The van der Waals surface area contributed by atoms with Crippen molar-refractivity contribution >= 4 is 47.4 Å². The van der Waals surface area contributed by atoms with E-state index < -0.39 is 35.8 Å². The Morgan fingerprint density at radius 2 is 0.961 bits per heavy atom. The van der Waals surface area contributed by atoms with E-state index >= 15 is 0 Å². The van der Waals surface area contributed by atoms with Crippen molar-refractivity contribution in [3.05, 3.63) is 108 Å². The molecular formula is C38H37ClO12. The Labute approximate surface area is 299 Å². The first-order valence-electron chi connectivity index (χ1n) is 16.0. The zero-order valence-corrected chi connectivity index (χ0v) is 28.5. The van der Waals surface area contributed by atoms with Gasteiger partial charge < -0.3 is 28.4 Å². The molecule has 0 aromatic heterocycles.